The molecular weight excluding hydrogens is 408 g/mol. The van der Waals surface area contributed by atoms with Crippen molar-refractivity contribution < 1.29 is 15.0 Å². The molecule has 3 nitrogen and oxygen atoms in total. The van der Waals surface area contributed by atoms with E-state index in [4.69, 9.17) is 0 Å². The predicted octanol–water partition coefficient (Wildman–Crippen LogP) is 6.64. The van der Waals surface area contributed by atoms with Crippen LogP contribution in [0.1, 0.15) is 113 Å². The molecule has 0 aromatic carbocycles. The third-order valence-electron chi connectivity index (χ3n) is 12.5. The van der Waals surface area contributed by atoms with E-state index in [-0.39, 0.29) is 45.7 Å². The number of rotatable bonds is 5. The SMILES string of the molecule is CC(C)CC[C@@H](O)[C@@H](C)[C@H]1CC[C@@]2(C)[C@@H]3CC[C@H]4C(C)(C)[C@@H](O)CC[C@]4(C)[C@H]3C(=O)C[C@]12C. The van der Waals surface area contributed by atoms with Gasteiger partial charge in [0.05, 0.1) is 12.2 Å². The van der Waals surface area contributed by atoms with Crippen LogP contribution in [0.4, 0.5) is 0 Å². The lowest BCUT2D eigenvalue weighted by Crippen LogP contribution is -2.64. The lowest BCUT2D eigenvalue weighted by Gasteiger charge is -2.66. The number of Topliss-reactive ketones (excluding diaryl/α,β-unsaturated/α-hetero) is 1. The van der Waals surface area contributed by atoms with E-state index < -0.39 is 0 Å². The smallest absolute Gasteiger partial charge is 0.137 e. The quantitative estimate of drug-likeness (QED) is 0.483. The fourth-order valence-electron chi connectivity index (χ4n) is 10.2. The Hall–Kier alpha value is -0.410. The van der Waals surface area contributed by atoms with E-state index >= 15 is 0 Å². The Kier molecular flexibility index (Phi) is 6.48. The van der Waals surface area contributed by atoms with Crippen LogP contribution in [0.3, 0.4) is 0 Å². The molecule has 0 heterocycles. The van der Waals surface area contributed by atoms with Gasteiger partial charge in [-0.25, -0.2) is 0 Å². The Morgan fingerprint density at radius 2 is 1.58 bits per heavy atom. The topological polar surface area (TPSA) is 57.5 Å². The Balaban J connectivity index is 1.63. The Morgan fingerprint density at radius 1 is 0.909 bits per heavy atom. The molecule has 190 valence electrons. The normalized spacial score (nSPS) is 48.7. The van der Waals surface area contributed by atoms with Gasteiger partial charge >= 0.3 is 0 Å². The van der Waals surface area contributed by atoms with Crippen molar-refractivity contribution in [1.29, 1.82) is 0 Å². The van der Waals surface area contributed by atoms with Gasteiger partial charge in [0, 0.05) is 12.3 Å². The number of carbonyl (C=O) groups excluding carboxylic acids is 1. The van der Waals surface area contributed by atoms with Crippen LogP contribution in [0.15, 0.2) is 0 Å². The lowest BCUT2D eigenvalue weighted by atomic mass is 9.37. The second-order valence-electron chi connectivity index (χ2n) is 14.6. The van der Waals surface area contributed by atoms with Gasteiger partial charge < -0.3 is 10.2 Å². The summed E-state index contributed by atoms with van der Waals surface area (Å²) in [5.74, 6) is 2.78. The molecule has 3 heteroatoms. The summed E-state index contributed by atoms with van der Waals surface area (Å²) < 4.78 is 0. The Morgan fingerprint density at radius 3 is 2.21 bits per heavy atom. The average Bonchev–Trinajstić information content (AvgIpc) is 2.99. The summed E-state index contributed by atoms with van der Waals surface area (Å²) in [5, 5.41) is 21.9. The van der Waals surface area contributed by atoms with Crippen LogP contribution in [0.5, 0.6) is 0 Å². The molecule has 4 rings (SSSR count). The summed E-state index contributed by atoms with van der Waals surface area (Å²) >= 11 is 0. The maximum atomic E-state index is 14.1. The van der Waals surface area contributed by atoms with Crippen molar-refractivity contribution in [1.82, 2.24) is 0 Å². The van der Waals surface area contributed by atoms with Gasteiger partial charge in [-0.2, -0.15) is 0 Å². The van der Waals surface area contributed by atoms with Gasteiger partial charge in [-0.1, -0.05) is 55.4 Å². The third-order valence-corrected chi connectivity index (χ3v) is 12.5. The molecule has 0 aromatic rings. The van der Waals surface area contributed by atoms with Gasteiger partial charge in [-0.3, -0.25) is 4.79 Å². The van der Waals surface area contributed by atoms with Gasteiger partial charge in [0.2, 0.25) is 0 Å². The molecule has 10 atom stereocenters. The second kappa shape index (κ2) is 8.32. The summed E-state index contributed by atoms with van der Waals surface area (Å²) in [6, 6.07) is 0. The molecule has 4 aliphatic carbocycles. The highest BCUT2D eigenvalue weighted by Gasteiger charge is 2.70. The number of aliphatic hydroxyl groups is 2. The first-order valence-electron chi connectivity index (χ1n) is 14.1. The fourth-order valence-corrected chi connectivity index (χ4v) is 10.2. The van der Waals surface area contributed by atoms with Crippen molar-refractivity contribution in [3.63, 3.8) is 0 Å². The first kappa shape index (κ1) is 25.7. The fraction of sp³-hybridized carbons (Fsp3) is 0.967. The van der Waals surface area contributed by atoms with Crippen molar-refractivity contribution in [2.45, 2.75) is 125 Å². The molecule has 4 aliphatic rings. The van der Waals surface area contributed by atoms with Crippen molar-refractivity contribution in [2.24, 2.45) is 57.2 Å². The highest BCUT2D eigenvalue weighted by molar-refractivity contribution is 5.84. The van der Waals surface area contributed by atoms with Crippen LogP contribution in [-0.4, -0.2) is 28.2 Å². The third kappa shape index (κ3) is 3.61. The van der Waals surface area contributed by atoms with Crippen LogP contribution >= 0.6 is 0 Å². The first-order chi connectivity index (χ1) is 15.2. The number of fused-ring (bicyclic) bond motifs is 5. The van der Waals surface area contributed by atoms with Gasteiger partial charge in [-0.05, 0) is 103 Å². The van der Waals surface area contributed by atoms with Crippen molar-refractivity contribution in [3.05, 3.63) is 0 Å². The van der Waals surface area contributed by atoms with E-state index in [9.17, 15) is 15.0 Å². The second-order valence-corrected chi connectivity index (χ2v) is 14.6. The minimum atomic E-state index is -0.265. The van der Waals surface area contributed by atoms with Crippen LogP contribution in [0.25, 0.3) is 0 Å². The monoisotopic (exact) mass is 460 g/mol. The molecule has 0 bridgehead atoms. The highest BCUT2D eigenvalue weighted by atomic mass is 16.3. The number of aliphatic hydroxyl groups excluding tert-OH is 2. The maximum absolute atomic E-state index is 14.1. The Bertz CT molecular complexity index is 758. The molecule has 4 fully saturated rings. The van der Waals surface area contributed by atoms with Crippen LogP contribution in [-0.2, 0) is 4.79 Å². The molecule has 2 N–H and O–H groups in total. The number of hydrogen-bond donors (Lipinski definition) is 2. The zero-order valence-corrected chi connectivity index (χ0v) is 22.8. The van der Waals surface area contributed by atoms with Crippen LogP contribution in [0, 0.1) is 57.2 Å². The summed E-state index contributed by atoms with van der Waals surface area (Å²) in [6.45, 7) is 18.5. The van der Waals surface area contributed by atoms with Crippen molar-refractivity contribution in [3.8, 4) is 0 Å². The molecule has 0 aromatic heterocycles. The number of ketones is 1. The molecule has 0 amide bonds. The van der Waals surface area contributed by atoms with Gasteiger partial charge in [0.1, 0.15) is 5.78 Å². The van der Waals surface area contributed by atoms with Crippen LogP contribution < -0.4 is 0 Å². The molecule has 4 saturated carbocycles. The summed E-state index contributed by atoms with van der Waals surface area (Å²) in [6.07, 6.45) is 8.51. The zero-order valence-electron chi connectivity index (χ0n) is 22.8. The van der Waals surface area contributed by atoms with Crippen molar-refractivity contribution in [2.75, 3.05) is 0 Å². The first-order valence-corrected chi connectivity index (χ1v) is 14.1. The molecule has 0 spiro atoms. The minimum absolute atomic E-state index is 0.00749. The standard InChI is InChI=1S/C30H52O3/c1-18(2)9-11-22(31)19(3)20-13-16-29(7)21-10-12-24-27(4,5)25(33)14-15-28(24,6)26(21)23(32)17-30(20,29)8/h18-22,24-26,31,33H,9-17H2,1-8H3/t19-,20+,21+,22+,24-,25-,26+,28-,29-,30+/m0/s1. The van der Waals surface area contributed by atoms with E-state index in [0.717, 1.165) is 44.9 Å². The number of carbonyl (C=O) groups is 1. The van der Waals surface area contributed by atoms with Gasteiger partial charge in [0.25, 0.3) is 0 Å². The van der Waals surface area contributed by atoms with Gasteiger partial charge in [-0.15, -0.1) is 0 Å². The van der Waals surface area contributed by atoms with E-state index in [2.05, 4.69) is 55.4 Å². The maximum Gasteiger partial charge on any atom is 0.137 e. The largest absolute Gasteiger partial charge is 0.393 e. The van der Waals surface area contributed by atoms with E-state index in [1.807, 2.05) is 0 Å². The molecule has 0 saturated heterocycles. The summed E-state index contributed by atoms with van der Waals surface area (Å²) in [4.78, 5) is 14.1. The number of hydrogen-bond acceptors (Lipinski definition) is 3. The lowest BCUT2D eigenvalue weighted by molar-refractivity contribution is -0.201. The predicted molar refractivity (Wildman–Crippen MR) is 135 cm³/mol. The van der Waals surface area contributed by atoms with E-state index in [1.165, 1.54) is 6.42 Å². The minimum Gasteiger partial charge on any atom is -0.393 e. The molecule has 0 aliphatic heterocycles. The Labute approximate surface area is 203 Å². The molecule has 0 unspecified atom stereocenters. The summed E-state index contributed by atoms with van der Waals surface area (Å²) in [5.41, 5.74) is 0.0353. The molecule has 0 radical (unpaired) electrons. The average molecular weight is 461 g/mol. The zero-order chi connectivity index (χ0) is 24.6. The van der Waals surface area contributed by atoms with Crippen molar-refractivity contribution >= 4 is 5.78 Å². The summed E-state index contributed by atoms with van der Waals surface area (Å²) in [7, 11) is 0. The molecule has 33 heavy (non-hydrogen) atoms. The highest BCUT2D eigenvalue weighted by Crippen LogP contribution is 2.73. The molecular formula is C30H52O3. The van der Waals surface area contributed by atoms with E-state index in [1.54, 1.807) is 0 Å². The van der Waals surface area contributed by atoms with Gasteiger partial charge in [0.15, 0.2) is 0 Å². The van der Waals surface area contributed by atoms with E-state index in [0.29, 0.717) is 35.9 Å². The van der Waals surface area contributed by atoms with Crippen LogP contribution in [0.2, 0.25) is 0 Å².